The van der Waals surface area contributed by atoms with Crippen LogP contribution in [0.4, 0.5) is 0 Å². The van der Waals surface area contributed by atoms with Crippen molar-refractivity contribution in [2.24, 2.45) is 10.3 Å². The van der Waals surface area contributed by atoms with Crippen LogP contribution in [0.1, 0.15) is 20.3 Å². The summed E-state index contributed by atoms with van der Waals surface area (Å²) >= 11 is 0. The molecule has 0 bridgehead atoms. The Morgan fingerprint density at radius 2 is 1.94 bits per heavy atom. The van der Waals surface area contributed by atoms with Gasteiger partial charge >= 0.3 is 0 Å². The number of rotatable bonds is 4. The first-order chi connectivity index (χ1) is 7.58. The molecule has 0 radical (unpaired) electrons. The molecule has 0 aliphatic heterocycles. The third kappa shape index (κ3) is 3.49. The molecule has 16 heavy (non-hydrogen) atoms. The van der Waals surface area contributed by atoms with Crippen LogP contribution in [0.25, 0.3) is 0 Å². The van der Waals surface area contributed by atoms with Gasteiger partial charge in [0.2, 0.25) is 0 Å². The van der Waals surface area contributed by atoms with Crippen molar-refractivity contribution in [3.63, 3.8) is 0 Å². The summed E-state index contributed by atoms with van der Waals surface area (Å²) in [5.41, 5.74) is 0. The molecule has 0 saturated carbocycles. The van der Waals surface area contributed by atoms with Gasteiger partial charge in [-0.1, -0.05) is 38.1 Å². The van der Waals surface area contributed by atoms with Crippen LogP contribution in [0, 0.1) is 5.92 Å². The largest absolute Gasteiger partial charge is 0.240 e. The second-order valence-corrected chi connectivity index (χ2v) is 6.31. The minimum absolute atomic E-state index is 0.576. The highest BCUT2D eigenvalue weighted by atomic mass is 32.2. The van der Waals surface area contributed by atoms with Crippen LogP contribution in [0.2, 0.25) is 0 Å². The van der Waals surface area contributed by atoms with Gasteiger partial charge < -0.3 is 0 Å². The maximum Gasteiger partial charge on any atom is 0.0963 e. The Kier molecular flexibility index (Phi) is 4.74. The highest BCUT2D eigenvalue weighted by Gasteiger charge is 2.06. The molecule has 0 saturated heterocycles. The third-order valence-electron chi connectivity index (χ3n) is 2.24. The Labute approximate surface area is 98.6 Å². The fourth-order valence-corrected chi connectivity index (χ4v) is 2.73. The first-order valence-corrected chi connectivity index (χ1v) is 7.03. The van der Waals surface area contributed by atoms with Crippen LogP contribution in [0.3, 0.4) is 0 Å². The average Bonchev–Trinajstić information content (AvgIpc) is 2.29. The minimum Gasteiger partial charge on any atom is -0.240 e. The van der Waals surface area contributed by atoms with E-state index in [9.17, 15) is 4.21 Å². The number of hydrogen-bond donors (Lipinski definition) is 0. The Bertz CT molecular complexity index is 454. The summed E-state index contributed by atoms with van der Waals surface area (Å²) in [5, 5.41) is 1.74. The van der Waals surface area contributed by atoms with E-state index in [1.54, 1.807) is 12.5 Å². The van der Waals surface area contributed by atoms with Crippen molar-refractivity contribution in [2.75, 3.05) is 7.05 Å². The molecule has 1 atom stereocenters. The molecule has 0 fully saturated rings. The molecule has 1 unspecified atom stereocenters. The van der Waals surface area contributed by atoms with Gasteiger partial charge in [-0.2, -0.15) is 0 Å². The lowest BCUT2D eigenvalue weighted by Gasteiger charge is -2.04. The molecule has 0 amide bonds. The molecular formula is C13H19NOS. The number of hydrogen-bond acceptors (Lipinski definition) is 2. The molecule has 1 aromatic carbocycles. The van der Waals surface area contributed by atoms with Gasteiger partial charge in [0.15, 0.2) is 0 Å². The van der Waals surface area contributed by atoms with Crippen molar-refractivity contribution in [3.05, 3.63) is 41.8 Å². The predicted octanol–water partition coefficient (Wildman–Crippen LogP) is 3.70. The number of allylic oxidation sites excluding steroid dienone is 1. The zero-order valence-electron chi connectivity index (χ0n) is 10.1. The molecule has 88 valence electrons. The molecule has 0 aliphatic carbocycles. The van der Waals surface area contributed by atoms with Crippen LogP contribution in [0.15, 0.2) is 51.1 Å². The van der Waals surface area contributed by atoms with Crippen LogP contribution < -0.4 is 0 Å². The van der Waals surface area contributed by atoms with E-state index in [2.05, 4.69) is 18.2 Å². The van der Waals surface area contributed by atoms with Gasteiger partial charge in [0, 0.05) is 12.5 Å². The van der Waals surface area contributed by atoms with Crippen molar-refractivity contribution < 1.29 is 4.21 Å². The molecule has 0 spiro atoms. The van der Waals surface area contributed by atoms with Gasteiger partial charge in [-0.3, -0.25) is 0 Å². The van der Waals surface area contributed by atoms with E-state index in [1.165, 1.54) is 0 Å². The SMILES string of the molecule is CN=S(=O)(/C=C/CC(C)C)c1ccccc1. The highest BCUT2D eigenvalue weighted by molar-refractivity contribution is 7.96. The zero-order valence-corrected chi connectivity index (χ0v) is 10.9. The Balaban J connectivity index is 2.98. The molecule has 1 aromatic rings. The number of benzene rings is 1. The fraction of sp³-hybridized carbons (Fsp3) is 0.385. The highest BCUT2D eigenvalue weighted by Crippen LogP contribution is 2.15. The lowest BCUT2D eigenvalue weighted by atomic mass is 10.1. The quantitative estimate of drug-likeness (QED) is 0.785. The molecular weight excluding hydrogens is 218 g/mol. The number of nitrogens with zero attached hydrogens (tertiary/aromatic N) is 1. The van der Waals surface area contributed by atoms with Crippen LogP contribution in [0.5, 0.6) is 0 Å². The predicted molar refractivity (Wildman–Crippen MR) is 69.8 cm³/mol. The third-order valence-corrected chi connectivity index (χ3v) is 4.29. The molecule has 0 heterocycles. The zero-order chi connectivity index (χ0) is 12.0. The maximum atomic E-state index is 12.5. The van der Waals surface area contributed by atoms with Gasteiger partial charge in [0.1, 0.15) is 0 Å². The smallest absolute Gasteiger partial charge is 0.0963 e. The van der Waals surface area contributed by atoms with Gasteiger partial charge in [0.25, 0.3) is 0 Å². The van der Waals surface area contributed by atoms with Crippen molar-refractivity contribution in [2.45, 2.75) is 25.2 Å². The average molecular weight is 237 g/mol. The van der Waals surface area contributed by atoms with E-state index in [0.717, 1.165) is 11.3 Å². The summed E-state index contributed by atoms with van der Waals surface area (Å²) in [4.78, 5) is 0.775. The van der Waals surface area contributed by atoms with E-state index >= 15 is 0 Å². The maximum absolute atomic E-state index is 12.5. The lowest BCUT2D eigenvalue weighted by molar-refractivity contribution is 0.663. The van der Waals surface area contributed by atoms with Gasteiger partial charge in [-0.15, -0.1) is 0 Å². The van der Waals surface area contributed by atoms with Gasteiger partial charge in [-0.25, -0.2) is 8.57 Å². The van der Waals surface area contributed by atoms with Crippen molar-refractivity contribution in [1.82, 2.24) is 0 Å². The van der Waals surface area contributed by atoms with Crippen LogP contribution in [-0.2, 0) is 9.73 Å². The summed E-state index contributed by atoms with van der Waals surface area (Å²) in [5.74, 6) is 0.576. The molecule has 0 aliphatic rings. The monoisotopic (exact) mass is 237 g/mol. The second-order valence-electron chi connectivity index (χ2n) is 4.07. The molecule has 2 nitrogen and oxygen atoms in total. The topological polar surface area (TPSA) is 29.4 Å². The van der Waals surface area contributed by atoms with E-state index in [0.29, 0.717) is 5.92 Å². The van der Waals surface area contributed by atoms with E-state index in [-0.39, 0.29) is 0 Å². The first kappa shape index (κ1) is 13.0. The summed E-state index contributed by atoms with van der Waals surface area (Å²) in [6.07, 6.45) is 2.90. The van der Waals surface area contributed by atoms with Crippen LogP contribution >= 0.6 is 0 Å². The van der Waals surface area contributed by atoms with Crippen LogP contribution in [-0.4, -0.2) is 11.3 Å². The summed E-state index contributed by atoms with van der Waals surface area (Å²) in [7, 11) is -0.751. The van der Waals surface area contributed by atoms with Gasteiger partial charge in [0.05, 0.1) is 14.6 Å². The lowest BCUT2D eigenvalue weighted by Crippen LogP contribution is -1.96. The second kappa shape index (κ2) is 5.85. The molecule has 0 aromatic heterocycles. The summed E-state index contributed by atoms with van der Waals surface area (Å²) < 4.78 is 16.5. The summed E-state index contributed by atoms with van der Waals surface area (Å²) in [6, 6.07) is 9.40. The van der Waals surface area contributed by atoms with E-state index < -0.39 is 9.73 Å². The van der Waals surface area contributed by atoms with Crippen molar-refractivity contribution in [3.8, 4) is 0 Å². The van der Waals surface area contributed by atoms with Gasteiger partial charge in [-0.05, 0) is 24.5 Å². The fourth-order valence-electron chi connectivity index (χ4n) is 1.32. The van der Waals surface area contributed by atoms with Crippen molar-refractivity contribution >= 4 is 9.73 Å². The van der Waals surface area contributed by atoms with E-state index in [4.69, 9.17) is 0 Å². The Hall–Kier alpha value is -1.09. The van der Waals surface area contributed by atoms with Crippen molar-refractivity contribution in [1.29, 1.82) is 0 Å². The summed E-state index contributed by atoms with van der Waals surface area (Å²) in [6.45, 7) is 4.27. The molecule has 1 rings (SSSR count). The molecule has 3 heteroatoms. The molecule has 0 N–H and O–H groups in total. The normalized spacial score (nSPS) is 15.2. The standard InChI is InChI=1S/C13H19NOS/c1-12(2)8-7-11-16(15,14-3)13-9-5-4-6-10-13/h4-7,9-12H,8H2,1-3H3/b11-7+. The minimum atomic E-state index is -2.36. The Morgan fingerprint density at radius 3 is 2.44 bits per heavy atom. The first-order valence-electron chi connectivity index (χ1n) is 5.45. The Morgan fingerprint density at radius 1 is 1.31 bits per heavy atom. The van der Waals surface area contributed by atoms with E-state index in [1.807, 2.05) is 36.4 Å².